The largest absolute Gasteiger partial charge is 0.408 e. The molecule has 15 heavy (non-hydrogen) atoms. The molecule has 0 aliphatic carbocycles. The number of anilines is 1. The van der Waals surface area contributed by atoms with Crippen LogP contribution in [0.2, 0.25) is 0 Å². The predicted molar refractivity (Wildman–Crippen MR) is 60.5 cm³/mol. The van der Waals surface area contributed by atoms with E-state index in [0.29, 0.717) is 5.89 Å². The molecule has 1 heterocycles. The molecule has 86 valence electrons. The summed E-state index contributed by atoms with van der Waals surface area (Å²) in [7, 11) is 0. The fraction of sp³-hybridized carbons (Fsp3) is 0.818. The first-order valence-electron chi connectivity index (χ1n) is 5.65. The van der Waals surface area contributed by atoms with E-state index in [2.05, 4.69) is 31.0 Å². The van der Waals surface area contributed by atoms with E-state index < -0.39 is 0 Å². The third-order valence-corrected chi connectivity index (χ3v) is 2.67. The summed E-state index contributed by atoms with van der Waals surface area (Å²) in [4.78, 5) is 0. The average Bonchev–Trinajstić information content (AvgIpc) is 2.60. The van der Waals surface area contributed by atoms with Gasteiger partial charge in [-0.3, -0.25) is 0 Å². The quantitative estimate of drug-likeness (QED) is 0.735. The van der Waals surface area contributed by atoms with Crippen molar-refractivity contribution in [3.8, 4) is 0 Å². The van der Waals surface area contributed by atoms with Crippen LogP contribution in [0.3, 0.4) is 0 Å². The SMILES string of the molecule is CCCCCCC(C)(C)c1nnc(N)o1. The molecule has 4 heteroatoms. The lowest BCUT2D eigenvalue weighted by Gasteiger charge is -2.19. The maximum absolute atomic E-state index is 5.41. The molecule has 0 atom stereocenters. The number of hydrogen-bond donors (Lipinski definition) is 1. The van der Waals surface area contributed by atoms with Crippen LogP contribution in [0, 0.1) is 0 Å². The fourth-order valence-corrected chi connectivity index (χ4v) is 1.61. The molecule has 0 fully saturated rings. The highest BCUT2D eigenvalue weighted by atomic mass is 16.4. The smallest absolute Gasteiger partial charge is 0.312 e. The van der Waals surface area contributed by atoms with E-state index in [1.807, 2.05) is 0 Å². The highest BCUT2D eigenvalue weighted by Gasteiger charge is 2.26. The van der Waals surface area contributed by atoms with Gasteiger partial charge in [0.25, 0.3) is 0 Å². The third-order valence-electron chi connectivity index (χ3n) is 2.67. The second-order valence-corrected chi connectivity index (χ2v) is 4.64. The monoisotopic (exact) mass is 211 g/mol. The highest BCUT2D eigenvalue weighted by molar-refractivity contribution is 5.09. The Kier molecular flexibility index (Phi) is 4.12. The summed E-state index contributed by atoms with van der Waals surface area (Å²) >= 11 is 0. The van der Waals surface area contributed by atoms with Crippen LogP contribution in [0.25, 0.3) is 0 Å². The van der Waals surface area contributed by atoms with Crippen LogP contribution in [-0.4, -0.2) is 10.2 Å². The first-order chi connectivity index (χ1) is 7.06. The zero-order valence-corrected chi connectivity index (χ0v) is 9.92. The second-order valence-electron chi connectivity index (χ2n) is 4.64. The zero-order valence-electron chi connectivity index (χ0n) is 9.92. The minimum atomic E-state index is -0.0572. The van der Waals surface area contributed by atoms with Gasteiger partial charge in [-0.2, -0.15) is 0 Å². The van der Waals surface area contributed by atoms with Crippen molar-refractivity contribution in [1.82, 2.24) is 10.2 Å². The van der Waals surface area contributed by atoms with Crippen molar-refractivity contribution in [2.75, 3.05) is 5.73 Å². The van der Waals surface area contributed by atoms with Crippen molar-refractivity contribution >= 4 is 6.01 Å². The second kappa shape index (κ2) is 5.14. The molecule has 0 unspecified atom stereocenters. The van der Waals surface area contributed by atoms with Gasteiger partial charge < -0.3 is 10.2 Å². The molecule has 0 aliphatic heterocycles. The van der Waals surface area contributed by atoms with E-state index in [0.717, 1.165) is 6.42 Å². The normalized spacial score (nSPS) is 11.9. The first kappa shape index (κ1) is 12.0. The summed E-state index contributed by atoms with van der Waals surface area (Å²) in [5.41, 5.74) is 5.35. The molecule has 1 aromatic heterocycles. The zero-order chi connectivity index (χ0) is 11.3. The Labute approximate surface area is 91.3 Å². The van der Waals surface area contributed by atoms with E-state index >= 15 is 0 Å². The minimum absolute atomic E-state index is 0.0572. The Morgan fingerprint density at radius 3 is 2.47 bits per heavy atom. The minimum Gasteiger partial charge on any atom is -0.408 e. The van der Waals surface area contributed by atoms with Crippen LogP contribution in [0.15, 0.2) is 4.42 Å². The summed E-state index contributed by atoms with van der Waals surface area (Å²) in [6.07, 6.45) is 6.08. The number of unbranched alkanes of at least 4 members (excludes halogenated alkanes) is 3. The molecule has 0 spiro atoms. The molecule has 0 bridgehead atoms. The van der Waals surface area contributed by atoms with Crippen LogP contribution in [0.4, 0.5) is 6.01 Å². The van der Waals surface area contributed by atoms with Gasteiger partial charge in [0, 0.05) is 5.41 Å². The van der Waals surface area contributed by atoms with Gasteiger partial charge in [0.15, 0.2) is 0 Å². The van der Waals surface area contributed by atoms with Gasteiger partial charge in [0.2, 0.25) is 5.89 Å². The lowest BCUT2D eigenvalue weighted by atomic mass is 9.87. The lowest BCUT2D eigenvalue weighted by Crippen LogP contribution is -2.17. The molecule has 0 saturated heterocycles. The summed E-state index contributed by atoms with van der Waals surface area (Å²) in [6.45, 7) is 6.45. The Balaban J connectivity index is 2.44. The molecule has 2 N–H and O–H groups in total. The Morgan fingerprint density at radius 1 is 1.20 bits per heavy atom. The van der Waals surface area contributed by atoms with Gasteiger partial charge in [0.1, 0.15) is 0 Å². The van der Waals surface area contributed by atoms with Crippen LogP contribution in [0.5, 0.6) is 0 Å². The van der Waals surface area contributed by atoms with Crippen molar-refractivity contribution < 1.29 is 4.42 Å². The Bertz CT molecular complexity index is 294. The van der Waals surface area contributed by atoms with Gasteiger partial charge in [-0.1, -0.05) is 51.6 Å². The summed E-state index contributed by atoms with van der Waals surface area (Å²) in [5, 5.41) is 7.63. The number of hydrogen-bond acceptors (Lipinski definition) is 4. The lowest BCUT2D eigenvalue weighted by molar-refractivity contribution is 0.343. The van der Waals surface area contributed by atoms with Gasteiger partial charge in [-0.25, -0.2) is 0 Å². The van der Waals surface area contributed by atoms with Gasteiger partial charge >= 0.3 is 6.01 Å². The van der Waals surface area contributed by atoms with Crippen molar-refractivity contribution in [3.63, 3.8) is 0 Å². The topological polar surface area (TPSA) is 64.9 Å². The summed E-state index contributed by atoms with van der Waals surface area (Å²) in [5.74, 6) is 0.650. The molecular weight excluding hydrogens is 190 g/mol. The van der Waals surface area contributed by atoms with Crippen molar-refractivity contribution in [2.45, 2.75) is 58.3 Å². The molecule has 1 aromatic rings. The molecule has 0 saturated carbocycles. The fourth-order valence-electron chi connectivity index (χ4n) is 1.61. The predicted octanol–water partition coefficient (Wildman–Crippen LogP) is 2.90. The number of rotatable bonds is 6. The van der Waals surface area contributed by atoms with E-state index in [9.17, 15) is 0 Å². The first-order valence-corrected chi connectivity index (χ1v) is 5.65. The number of nitrogens with zero attached hydrogens (tertiary/aromatic N) is 2. The van der Waals surface area contributed by atoms with Crippen LogP contribution in [0.1, 0.15) is 58.8 Å². The standard InChI is InChI=1S/C11H21N3O/c1-4-5-6-7-8-11(2,3)9-13-14-10(12)15-9/h4-8H2,1-3H3,(H2,12,14). The van der Waals surface area contributed by atoms with Crippen molar-refractivity contribution in [3.05, 3.63) is 5.89 Å². The van der Waals surface area contributed by atoms with E-state index in [1.165, 1.54) is 25.7 Å². The van der Waals surface area contributed by atoms with Gasteiger partial charge in [-0.15, -0.1) is 5.10 Å². The molecule has 0 aliphatic rings. The van der Waals surface area contributed by atoms with Crippen molar-refractivity contribution in [2.24, 2.45) is 0 Å². The Morgan fingerprint density at radius 2 is 1.93 bits per heavy atom. The molecule has 0 aromatic carbocycles. The van der Waals surface area contributed by atoms with E-state index in [-0.39, 0.29) is 11.4 Å². The number of aromatic nitrogens is 2. The molecular formula is C11H21N3O. The Hall–Kier alpha value is -1.06. The number of nitrogens with two attached hydrogens (primary N) is 1. The van der Waals surface area contributed by atoms with Gasteiger partial charge in [-0.05, 0) is 6.42 Å². The highest BCUT2D eigenvalue weighted by Crippen LogP contribution is 2.28. The molecule has 0 amide bonds. The van der Waals surface area contributed by atoms with Crippen LogP contribution < -0.4 is 5.73 Å². The molecule has 0 radical (unpaired) electrons. The summed E-state index contributed by atoms with van der Waals surface area (Å²) < 4.78 is 5.26. The third kappa shape index (κ3) is 3.53. The van der Waals surface area contributed by atoms with Crippen LogP contribution >= 0.6 is 0 Å². The average molecular weight is 211 g/mol. The number of nitrogen functional groups attached to an aromatic ring is 1. The molecule has 1 rings (SSSR count). The summed E-state index contributed by atoms with van der Waals surface area (Å²) in [6, 6.07) is 0.159. The van der Waals surface area contributed by atoms with Crippen molar-refractivity contribution in [1.29, 1.82) is 0 Å². The van der Waals surface area contributed by atoms with E-state index in [1.54, 1.807) is 0 Å². The van der Waals surface area contributed by atoms with Crippen LogP contribution in [-0.2, 0) is 5.41 Å². The van der Waals surface area contributed by atoms with E-state index in [4.69, 9.17) is 10.2 Å². The maximum atomic E-state index is 5.41. The maximum Gasteiger partial charge on any atom is 0.312 e. The molecule has 4 nitrogen and oxygen atoms in total. The van der Waals surface area contributed by atoms with Gasteiger partial charge in [0.05, 0.1) is 0 Å².